The molecule has 0 fully saturated rings. The van der Waals surface area contributed by atoms with E-state index in [0.717, 1.165) is 42.7 Å². The molecule has 6 nitrogen and oxygen atoms in total. The number of hydrogen-bond donors (Lipinski definition) is 2. The topological polar surface area (TPSA) is 81.8 Å². The Morgan fingerprint density at radius 3 is 2.55 bits per heavy atom. The zero-order chi connectivity index (χ0) is 20.1. The van der Waals surface area contributed by atoms with Crippen LogP contribution in [0.2, 0.25) is 0 Å². The molecule has 1 aromatic carbocycles. The van der Waals surface area contributed by atoms with Crippen molar-refractivity contribution in [3.63, 3.8) is 0 Å². The van der Waals surface area contributed by atoms with E-state index in [4.69, 9.17) is 0 Å². The molecule has 0 radical (unpaired) electrons. The van der Waals surface area contributed by atoms with Gasteiger partial charge in [0.2, 0.25) is 11.1 Å². The highest BCUT2D eigenvalue weighted by molar-refractivity contribution is 5.76. The Labute approximate surface area is 167 Å². The van der Waals surface area contributed by atoms with Crippen molar-refractivity contribution in [3.8, 4) is 0 Å². The molecule has 146 valence electrons. The van der Waals surface area contributed by atoms with Crippen molar-refractivity contribution in [1.82, 2.24) is 19.9 Å². The molecule has 0 unspecified atom stereocenters. The number of aromatic nitrogens is 3. The number of H-pyrrole nitrogens is 2. The van der Waals surface area contributed by atoms with E-state index in [0.29, 0.717) is 0 Å². The van der Waals surface area contributed by atoms with Crippen LogP contribution in [-0.2, 0) is 19.5 Å². The summed E-state index contributed by atoms with van der Waals surface area (Å²) in [6.45, 7) is 2.82. The molecular formula is C23H22N4O2. The van der Waals surface area contributed by atoms with Gasteiger partial charge in [-0.25, -0.2) is 0 Å². The number of rotatable bonds is 2. The SMILES string of the molecule is O=c1ccc2c([nH]1)CN(Cc1ccccc1)CC2.O=c1ccc2ccncc2[nH]1. The fourth-order valence-electron chi connectivity index (χ4n) is 3.48. The fourth-order valence-corrected chi connectivity index (χ4v) is 3.48. The molecule has 1 aliphatic heterocycles. The van der Waals surface area contributed by atoms with Gasteiger partial charge in [0.25, 0.3) is 0 Å². The van der Waals surface area contributed by atoms with Crippen LogP contribution in [0.25, 0.3) is 10.9 Å². The van der Waals surface area contributed by atoms with Crippen LogP contribution in [0.1, 0.15) is 16.8 Å². The molecule has 2 N–H and O–H groups in total. The van der Waals surface area contributed by atoms with Crippen LogP contribution in [0.3, 0.4) is 0 Å². The summed E-state index contributed by atoms with van der Waals surface area (Å²) >= 11 is 0. The number of nitrogens with one attached hydrogen (secondary N) is 2. The minimum atomic E-state index is -0.0921. The molecule has 6 heteroatoms. The summed E-state index contributed by atoms with van der Waals surface area (Å²) in [5, 5.41) is 1.000. The van der Waals surface area contributed by atoms with Gasteiger partial charge in [0.05, 0.1) is 11.7 Å². The third-order valence-corrected chi connectivity index (χ3v) is 4.95. The van der Waals surface area contributed by atoms with Gasteiger partial charge in [-0.3, -0.25) is 19.5 Å². The smallest absolute Gasteiger partial charge is 0.248 e. The van der Waals surface area contributed by atoms with Crippen molar-refractivity contribution in [2.75, 3.05) is 6.54 Å². The minimum Gasteiger partial charge on any atom is -0.325 e. The Morgan fingerprint density at radius 1 is 0.897 bits per heavy atom. The fraction of sp³-hybridized carbons (Fsp3) is 0.174. The Bertz CT molecular complexity index is 1210. The van der Waals surface area contributed by atoms with Gasteiger partial charge in [-0.2, -0.15) is 0 Å². The third-order valence-electron chi connectivity index (χ3n) is 4.95. The quantitative estimate of drug-likeness (QED) is 0.555. The largest absolute Gasteiger partial charge is 0.325 e. The summed E-state index contributed by atoms with van der Waals surface area (Å²) in [6, 6.07) is 19.1. The molecule has 1 aliphatic rings. The van der Waals surface area contributed by atoms with Gasteiger partial charge in [-0.15, -0.1) is 0 Å². The summed E-state index contributed by atoms with van der Waals surface area (Å²) in [5.74, 6) is 0. The lowest BCUT2D eigenvalue weighted by Crippen LogP contribution is -2.32. The highest BCUT2D eigenvalue weighted by Gasteiger charge is 2.16. The van der Waals surface area contributed by atoms with E-state index in [1.54, 1.807) is 24.5 Å². The first kappa shape index (κ1) is 18.8. The number of benzene rings is 1. The molecule has 0 bridgehead atoms. The van der Waals surface area contributed by atoms with Crippen LogP contribution in [-0.4, -0.2) is 26.4 Å². The van der Waals surface area contributed by atoms with Crippen LogP contribution in [0.15, 0.2) is 82.6 Å². The zero-order valence-corrected chi connectivity index (χ0v) is 16.0. The van der Waals surface area contributed by atoms with Crippen molar-refractivity contribution in [2.24, 2.45) is 0 Å². The lowest BCUT2D eigenvalue weighted by atomic mass is 10.0. The molecule has 4 aromatic rings. The van der Waals surface area contributed by atoms with Crippen molar-refractivity contribution < 1.29 is 0 Å². The molecule has 3 aromatic heterocycles. The van der Waals surface area contributed by atoms with Crippen LogP contribution in [0.4, 0.5) is 0 Å². The van der Waals surface area contributed by atoms with Gasteiger partial charge in [-0.1, -0.05) is 36.4 Å². The van der Waals surface area contributed by atoms with Crippen molar-refractivity contribution in [3.05, 3.63) is 111 Å². The van der Waals surface area contributed by atoms with Crippen molar-refractivity contribution in [1.29, 1.82) is 0 Å². The van der Waals surface area contributed by atoms with Gasteiger partial charge in [-0.05, 0) is 29.7 Å². The predicted molar refractivity (Wildman–Crippen MR) is 114 cm³/mol. The van der Waals surface area contributed by atoms with E-state index in [1.807, 2.05) is 18.2 Å². The predicted octanol–water partition coefficient (Wildman–Crippen LogP) is 2.86. The maximum Gasteiger partial charge on any atom is 0.248 e. The standard InChI is InChI=1S/C15H16N2O.C8H6N2O/c18-15-7-6-13-8-9-17(11-14(13)16-15)10-12-4-2-1-3-5-12;11-8-2-1-6-3-4-9-5-7(6)10-8/h1-7H,8-11H2,(H,16,18);1-5H,(H,10,11). The second kappa shape index (κ2) is 8.67. The maximum absolute atomic E-state index is 11.3. The summed E-state index contributed by atoms with van der Waals surface area (Å²) in [4.78, 5) is 34.0. The van der Waals surface area contributed by atoms with Crippen LogP contribution < -0.4 is 11.1 Å². The molecular weight excluding hydrogens is 364 g/mol. The second-order valence-electron chi connectivity index (χ2n) is 7.06. The summed E-state index contributed by atoms with van der Waals surface area (Å²) in [6.07, 6.45) is 4.34. The molecule has 29 heavy (non-hydrogen) atoms. The Balaban J connectivity index is 0.000000159. The minimum absolute atomic E-state index is 0.00434. The van der Waals surface area contributed by atoms with E-state index < -0.39 is 0 Å². The number of nitrogens with zero attached hydrogens (tertiary/aromatic N) is 2. The van der Waals surface area contributed by atoms with Crippen molar-refractivity contribution >= 4 is 10.9 Å². The first-order chi connectivity index (χ1) is 14.2. The first-order valence-corrected chi connectivity index (χ1v) is 9.58. The van der Waals surface area contributed by atoms with Gasteiger partial charge in [0.15, 0.2) is 0 Å². The Kier molecular flexibility index (Phi) is 5.63. The lowest BCUT2D eigenvalue weighted by molar-refractivity contribution is 0.241. The molecule has 0 saturated heterocycles. The summed E-state index contributed by atoms with van der Waals surface area (Å²) in [5.41, 5.74) is 4.35. The normalized spacial score (nSPS) is 13.4. The monoisotopic (exact) mass is 386 g/mol. The zero-order valence-electron chi connectivity index (χ0n) is 16.0. The van der Waals surface area contributed by atoms with E-state index in [2.05, 4.69) is 44.1 Å². The average Bonchev–Trinajstić information content (AvgIpc) is 2.74. The van der Waals surface area contributed by atoms with E-state index >= 15 is 0 Å². The van der Waals surface area contributed by atoms with Crippen LogP contribution in [0.5, 0.6) is 0 Å². The average molecular weight is 386 g/mol. The van der Waals surface area contributed by atoms with Crippen molar-refractivity contribution in [2.45, 2.75) is 19.5 Å². The van der Waals surface area contributed by atoms with Crippen LogP contribution >= 0.6 is 0 Å². The van der Waals surface area contributed by atoms with E-state index in [1.165, 1.54) is 17.2 Å². The molecule has 0 amide bonds. The molecule has 0 atom stereocenters. The molecule has 0 spiro atoms. The number of hydrogen-bond acceptors (Lipinski definition) is 4. The highest BCUT2D eigenvalue weighted by atomic mass is 16.1. The second-order valence-corrected chi connectivity index (χ2v) is 7.06. The molecule has 0 aliphatic carbocycles. The Morgan fingerprint density at radius 2 is 1.69 bits per heavy atom. The number of aromatic amines is 2. The summed E-state index contributed by atoms with van der Waals surface area (Å²) in [7, 11) is 0. The Hall–Kier alpha value is -3.51. The highest BCUT2D eigenvalue weighted by Crippen LogP contribution is 2.17. The lowest BCUT2D eigenvalue weighted by Gasteiger charge is -2.28. The number of fused-ring (bicyclic) bond motifs is 2. The van der Waals surface area contributed by atoms with Gasteiger partial charge in [0, 0.05) is 49.0 Å². The summed E-state index contributed by atoms with van der Waals surface area (Å²) < 4.78 is 0. The molecule has 0 saturated carbocycles. The third kappa shape index (κ3) is 4.86. The molecule has 4 heterocycles. The first-order valence-electron chi connectivity index (χ1n) is 9.58. The molecule has 5 rings (SSSR count). The van der Waals surface area contributed by atoms with Gasteiger partial charge >= 0.3 is 0 Å². The number of pyridine rings is 3. The van der Waals surface area contributed by atoms with E-state index in [-0.39, 0.29) is 11.1 Å². The van der Waals surface area contributed by atoms with Gasteiger partial charge < -0.3 is 9.97 Å². The van der Waals surface area contributed by atoms with Crippen LogP contribution in [0, 0.1) is 0 Å². The van der Waals surface area contributed by atoms with E-state index in [9.17, 15) is 9.59 Å². The van der Waals surface area contributed by atoms with Gasteiger partial charge in [0.1, 0.15) is 0 Å². The maximum atomic E-state index is 11.3.